The van der Waals surface area contributed by atoms with Gasteiger partial charge in [0.1, 0.15) is 0 Å². The molecule has 1 aliphatic carbocycles. The summed E-state index contributed by atoms with van der Waals surface area (Å²) in [4.78, 5) is 12.1. The van der Waals surface area contributed by atoms with Crippen molar-refractivity contribution in [3.05, 3.63) is 0 Å². The molecule has 1 amide bonds. The standard InChI is InChI=1S/C15H28N2O/c1-11-4-3-5-13(6-11)9-17-15(18)14-7-12(2)8-16-10-14/h11-14,16H,3-10H2,1-2H3,(H,17,18). The zero-order valence-electron chi connectivity index (χ0n) is 11.9. The van der Waals surface area contributed by atoms with Gasteiger partial charge in [0.05, 0.1) is 5.92 Å². The SMILES string of the molecule is CC1CCCC(CNC(=O)C2CNCC(C)C2)C1. The molecule has 0 bridgehead atoms. The second-order valence-corrected chi connectivity index (χ2v) is 6.58. The van der Waals surface area contributed by atoms with Crippen LogP contribution in [-0.2, 0) is 4.79 Å². The monoisotopic (exact) mass is 252 g/mol. The van der Waals surface area contributed by atoms with E-state index in [9.17, 15) is 4.79 Å². The molecule has 2 fully saturated rings. The minimum atomic E-state index is 0.190. The average molecular weight is 252 g/mol. The molecule has 2 N–H and O–H groups in total. The lowest BCUT2D eigenvalue weighted by molar-refractivity contribution is -0.126. The van der Waals surface area contributed by atoms with Gasteiger partial charge in [-0.05, 0) is 43.6 Å². The van der Waals surface area contributed by atoms with Crippen molar-refractivity contribution in [1.29, 1.82) is 0 Å². The number of hydrogen-bond acceptors (Lipinski definition) is 2. The topological polar surface area (TPSA) is 41.1 Å². The minimum Gasteiger partial charge on any atom is -0.356 e. The lowest BCUT2D eigenvalue weighted by Crippen LogP contribution is -2.44. The zero-order chi connectivity index (χ0) is 13.0. The quantitative estimate of drug-likeness (QED) is 0.808. The first-order chi connectivity index (χ1) is 8.65. The van der Waals surface area contributed by atoms with Gasteiger partial charge in [0.15, 0.2) is 0 Å². The summed E-state index contributed by atoms with van der Waals surface area (Å²) in [6, 6.07) is 0. The Kier molecular flexibility index (Phi) is 5.04. The fourth-order valence-corrected chi connectivity index (χ4v) is 3.49. The largest absolute Gasteiger partial charge is 0.356 e. The smallest absolute Gasteiger partial charge is 0.224 e. The van der Waals surface area contributed by atoms with E-state index < -0.39 is 0 Å². The van der Waals surface area contributed by atoms with Gasteiger partial charge in [-0.2, -0.15) is 0 Å². The predicted molar refractivity (Wildman–Crippen MR) is 74.3 cm³/mol. The molecule has 2 aliphatic rings. The van der Waals surface area contributed by atoms with E-state index in [-0.39, 0.29) is 11.8 Å². The van der Waals surface area contributed by atoms with Crippen molar-refractivity contribution >= 4 is 5.91 Å². The maximum absolute atomic E-state index is 12.1. The van der Waals surface area contributed by atoms with Crippen LogP contribution in [0, 0.1) is 23.7 Å². The van der Waals surface area contributed by atoms with Crippen LogP contribution < -0.4 is 10.6 Å². The highest BCUT2D eigenvalue weighted by Crippen LogP contribution is 2.28. The van der Waals surface area contributed by atoms with E-state index in [0.29, 0.717) is 11.8 Å². The van der Waals surface area contributed by atoms with Crippen LogP contribution in [0.4, 0.5) is 0 Å². The normalized spacial score (nSPS) is 37.2. The van der Waals surface area contributed by atoms with Gasteiger partial charge in [0.2, 0.25) is 5.91 Å². The van der Waals surface area contributed by atoms with Crippen molar-refractivity contribution in [1.82, 2.24) is 10.6 Å². The summed E-state index contributed by atoms with van der Waals surface area (Å²) in [6.07, 6.45) is 6.33. The molecule has 1 aliphatic heterocycles. The molecule has 1 saturated heterocycles. The average Bonchev–Trinajstić information content (AvgIpc) is 2.36. The van der Waals surface area contributed by atoms with E-state index in [2.05, 4.69) is 24.5 Å². The number of rotatable bonds is 3. The number of amides is 1. The van der Waals surface area contributed by atoms with Crippen molar-refractivity contribution in [3.8, 4) is 0 Å². The number of nitrogens with one attached hydrogen (secondary N) is 2. The van der Waals surface area contributed by atoms with Crippen LogP contribution in [-0.4, -0.2) is 25.5 Å². The Morgan fingerprint density at radius 1 is 1.17 bits per heavy atom. The predicted octanol–water partition coefficient (Wildman–Crippen LogP) is 2.17. The molecule has 1 heterocycles. The molecule has 0 aromatic rings. The molecule has 18 heavy (non-hydrogen) atoms. The Hall–Kier alpha value is -0.570. The lowest BCUT2D eigenvalue weighted by Gasteiger charge is -2.29. The first-order valence-corrected chi connectivity index (χ1v) is 7.63. The molecule has 0 aromatic heterocycles. The van der Waals surface area contributed by atoms with Gasteiger partial charge >= 0.3 is 0 Å². The molecule has 104 valence electrons. The molecule has 4 unspecified atom stereocenters. The number of piperidine rings is 1. The highest BCUT2D eigenvalue weighted by atomic mass is 16.1. The van der Waals surface area contributed by atoms with Crippen molar-refractivity contribution in [3.63, 3.8) is 0 Å². The Morgan fingerprint density at radius 3 is 2.72 bits per heavy atom. The molecule has 1 saturated carbocycles. The van der Waals surface area contributed by atoms with Crippen molar-refractivity contribution < 1.29 is 4.79 Å². The Balaban J connectivity index is 1.70. The van der Waals surface area contributed by atoms with Crippen LogP contribution in [0.3, 0.4) is 0 Å². The summed E-state index contributed by atoms with van der Waals surface area (Å²) < 4.78 is 0. The van der Waals surface area contributed by atoms with E-state index in [1.807, 2.05) is 0 Å². The van der Waals surface area contributed by atoms with Crippen LogP contribution in [0.25, 0.3) is 0 Å². The van der Waals surface area contributed by atoms with Gasteiger partial charge in [0, 0.05) is 13.1 Å². The maximum Gasteiger partial charge on any atom is 0.224 e. The second kappa shape index (κ2) is 6.55. The van der Waals surface area contributed by atoms with E-state index in [0.717, 1.165) is 32.0 Å². The fraction of sp³-hybridized carbons (Fsp3) is 0.933. The van der Waals surface area contributed by atoms with Gasteiger partial charge in [0.25, 0.3) is 0 Å². The molecular weight excluding hydrogens is 224 g/mol. The summed E-state index contributed by atoms with van der Waals surface area (Å²) in [6.45, 7) is 7.37. The molecule has 0 spiro atoms. The summed E-state index contributed by atoms with van der Waals surface area (Å²) in [7, 11) is 0. The number of carbonyl (C=O) groups excluding carboxylic acids is 1. The van der Waals surface area contributed by atoms with Crippen LogP contribution in [0.2, 0.25) is 0 Å². The number of carbonyl (C=O) groups is 1. The maximum atomic E-state index is 12.1. The van der Waals surface area contributed by atoms with Gasteiger partial charge in [-0.1, -0.05) is 26.7 Å². The lowest BCUT2D eigenvalue weighted by atomic mass is 9.82. The van der Waals surface area contributed by atoms with Gasteiger partial charge in [-0.3, -0.25) is 4.79 Å². The van der Waals surface area contributed by atoms with Gasteiger partial charge < -0.3 is 10.6 Å². The molecule has 0 radical (unpaired) electrons. The van der Waals surface area contributed by atoms with E-state index in [1.54, 1.807) is 0 Å². The molecule has 0 aromatic carbocycles. The van der Waals surface area contributed by atoms with Crippen molar-refractivity contribution in [2.24, 2.45) is 23.7 Å². The molecule has 2 rings (SSSR count). The summed E-state index contributed by atoms with van der Waals surface area (Å²) in [5.41, 5.74) is 0. The Bertz CT molecular complexity index is 280. The zero-order valence-corrected chi connectivity index (χ0v) is 11.9. The molecular formula is C15H28N2O. The Morgan fingerprint density at radius 2 is 2.00 bits per heavy atom. The van der Waals surface area contributed by atoms with Crippen LogP contribution in [0.5, 0.6) is 0 Å². The van der Waals surface area contributed by atoms with E-state index in [4.69, 9.17) is 0 Å². The first-order valence-electron chi connectivity index (χ1n) is 7.63. The highest BCUT2D eigenvalue weighted by Gasteiger charge is 2.26. The van der Waals surface area contributed by atoms with Crippen molar-refractivity contribution in [2.75, 3.05) is 19.6 Å². The summed E-state index contributed by atoms with van der Waals surface area (Å²) >= 11 is 0. The van der Waals surface area contributed by atoms with Crippen LogP contribution in [0.1, 0.15) is 46.0 Å². The highest BCUT2D eigenvalue weighted by molar-refractivity contribution is 5.79. The third-order valence-corrected chi connectivity index (χ3v) is 4.55. The Labute approximate surface area is 111 Å². The fourth-order valence-electron chi connectivity index (χ4n) is 3.49. The minimum absolute atomic E-state index is 0.190. The van der Waals surface area contributed by atoms with Gasteiger partial charge in [-0.25, -0.2) is 0 Å². The summed E-state index contributed by atoms with van der Waals surface area (Å²) in [5, 5.41) is 6.53. The van der Waals surface area contributed by atoms with Crippen molar-refractivity contribution in [2.45, 2.75) is 46.0 Å². The third kappa shape index (κ3) is 3.98. The number of hydrogen-bond donors (Lipinski definition) is 2. The third-order valence-electron chi connectivity index (χ3n) is 4.55. The second-order valence-electron chi connectivity index (χ2n) is 6.58. The molecule has 3 heteroatoms. The van der Waals surface area contributed by atoms with E-state index in [1.165, 1.54) is 25.7 Å². The summed E-state index contributed by atoms with van der Waals surface area (Å²) in [5.74, 6) is 2.65. The van der Waals surface area contributed by atoms with Gasteiger partial charge in [-0.15, -0.1) is 0 Å². The first kappa shape index (κ1) is 13.9. The van der Waals surface area contributed by atoms with Crippen LogP contribution >= 0.6 is 0 Å². The van der Waals surface area contributed by atoms with Crippen LogP contribution in [0.15, 0.2) is 0 Å². The molecule has 4 atom stereocenters. The molecule has 3 nitrogen and oxygen atoms in total. The van der Waals surface area contributed by atoms with E-state index >= 15 is 0 Å².